The van der Waals surface area contributed by atoms with Crippen LogP contribution in [0.3, 0.4) is 0 Å². The fraction of sp³-hybridized carbons (Fsp3) is 0.429. The third kappa shape index (κ3) is 3.93. The van der Waals surface area contributed by atoms with Gasteiger partial charge in [-0.25, -0.2) is 9.18 Å². The molecule has 20 heavy (non-hydrogen) atoms. The summed E-state index contributed by atoms with van der Waals surface area (Å²) in [7, 11) is 0. The molecule has 0 radical (unpaired) electrons. The highest BCUT2D eigenvalue weighted by Gasteiger charge is 2.30. The van der Waals surface area contributed by atoms with Crippen LogP contribution in [0.25, 0.3) is 0 Å². The maximum absolute atomic E-state index is 13.5. The Hall–Kier alpha value is -1.62. The van der Waals surface area contributed by atoms with E-state index < -0.39 is 23.7 Å². The number of nitrogens with one attached hydrogen (secondary N) is 1. The predicted octanol–water partition coefficient (Wildman–Crippen LogP) is 2.39. The molecule has 0 saturated heterocycles. The zero-order valence-electron chi connectivity index (χ0n) is 10.7. The first-order chi connectivity index (χ1) is 9.47. The zero-order valence-corrected chi connectivity index (χ0v) is 11.5. The van der Waals surface area contributed by atoms with Gasteiger partial charge in [-0.1, -0.05) is 30.5 Å². The highest BCUT2D eigenvalue weighted by molar-refractivity contribution is 6.31. The molecule has 1 fully saturated rings. The minimum absolute atomic E-state index is 0.0854. The lowest BCUT2D eigenvalue weighted by molar-refractivity contribution is -0.142. The van der Waals surface area contributed by atoms with E-state index in [1.165, 1.54) is 18.2 Å². The Morgan fingerprint density at radius 2 is 2.15 bits per heavy atom. The first kappa shape index (κ1) is 14.8. The average Bonchev–Trinajstić information content (AvgIpc) is 3.17. The normalized spacial score (nSPS) is 15.7. The van der Waals surface area contributed by atoms with Crippen molar-refractivity contribution < 1.29 is 19.1 Å². The van der Waals surface area contributed by atoms with Crippen molar-refractivity contribution in [3.05, 3.63) is 34.6 Å². The first-order valence-corrected chi connectivity index (χ1v) is 6.80. The van der Waals surface area contributed by atoms with E-state index in [-0.39, 0.29) is 17.0 Å². The number of hydrogen-bond donors (Lipinski definition) is 2. The highest BCUT2D eigenvalue weighted by Crippen LogP contribution is 2.33. The summed E-state index contributed by atoms with van der Waals surface area (Å²) in [4.78, 5) is 22.9. The third-order valence-corrected chi connectivity index (χ3v) is 3.65. The number of halogens is 2. The number of rotatable bonds is 6. The summed E-state index contributed by atoms with van der Waals surface area (Å²) in [6, 6.07) is 3.24. The molecule has 108 valence electrons. The lowest BCUT2D eigenvalue weighted by Crippen LogP contribution is -2.42. The van der Waals surface area contributed by atoms with Crippen LogP contribution in [0.15, 0.2) is 18.2 Å². The van der Waals surface area contributed by atoms with Crippen molar-refractivity contribution in [2.24, 2.45) is 5.92 Å². The molecule has 4 nitrogen and oxygen atoms in total. The minimum atomic E-state index is -1.06. The van der Waals surface area contributed by atoms with Gasteiger partial charge in [0.25, 0.3) is 0 Å². The third-order valence-electron chi connectivity index (χ3n) is 3.30. The monoisotopic (exact) mass is 299 g/mol. The Kier molecular flexibility index (Phi) is 4.60. The quantitative estimate of drug-likeness (QED) is 0.847. The lowest BCUT2D eigenvalue weighted by Gasteiger charge is -2.14. The summed E-state index contributed by atoms with van der Waals surface area (Å²) in [6.45, 7) is 0. The Bertz CT molecular complexity index is 511. The van der Waals surface area contributed by atoms with Crippen molar-refractivity contribution in [3.8, 4) is 0 Å². The molecular formula is C14H15ClFNO3. The van der Waals surface area contributed by atoms with E-state index in [4.69, 9.17) is 16.7 Å². The Labute approximate surface area is 120 Å². The molecule has 1 saturated carbocycles. The van der Waals surface area contributed by atoms with E-state index in [0.29, 0.717) is 12.3 Å². The van der Waals surface area contributed by atoms with Crippen molar-refractivity contribution in [1.29, 1.82) is 0 Å². The van der Waals surface area contributed by atoms with Crippen LogP contribution in [0.2, 0.25) is 5.02 Å². The van der Waals surface area contributed by atoms with Gasteiger partial charge >= 0.3 is 5.97 Å². The van der Waals surface area contributed by atoms with E-state index in [1.807, 2.05) is 0 Å². The second-order valence-electron chi connectivity index (χ2n) is 5.01. The van der Waals surface area contributed by atoms with Crippen molar-refractivity contribution >= 4 is 23.5 Å². The maximum atomic E-state index is 13.5. The minimum Gasteiger partial charge on any atom is -0.480 e. The summed E-state index contributed by atoms with van der Waals surface area (Å²) < 4.78 is 13.5. The number of benzene rings is 1. The summed E-state index contributed by atoms with van der Waals surface area (Å²) in [5.41, 5.74) is 0.0854. The molecule has 1 aliphatic rings. The van der Waals surface area contributed by atoms with Gasteiger partial charge in [0.1, 0.15) is 11.9 Å². The molecule has 2 rings (SSSR count). The van der Waals surface area contributed by atoms with E-state index in [9.17, 15) is 14.0 Å². The molecule has 6 heteroatoms. The van der Waals surface area contributed by atoms with E-state index in [1.54, 1.807) is 0 Å². The van der Waals surface area contributed by atoms with Crippen LogP contribution in [-0.4, -0.2) is 23.0 Å². The van der Waals surface area contributed by atoms with Crippen LogP contribution in [-0.2, 0) is 16.0 Å². The lowest BCUT2D eigenvalue weighted by atomic mass is 10.1. The van der Waals surface area contributed by atoms with E-state index in [0.717, 1.165) is 12.8 Å². The number of hydrogen-bond acceptors (Lipinski definition) is 2. The Morgan fingerprint density at radius 1 is 1.45 bits per heavy atom. The van der Waals surface area contributed by atoms with Gasteiger partial charge in [-0.05, 0) is 24.5 Å². The topological polar surface area (TPSA) is 66.4 Å². The second kappa shape index (κ2) is 6.22. The molecule has 1 unspecified atom stereocenters. The zero-order chi connectivity index (χ0) is 14.7. The highest BCUT2D eigenvalue weighted by atomic mass is 35.5. The molecule has 0 heterocycles. The van der Waals surface area contributed by atoms with Crippen molar-refractivity contribution in [3.63, 3.8) is 0 Å². The Morgan fingerprint density at radius 3 is 2.70 bits per heavy atom. The maximum Gasteiger partial charge on any atom is 0.326 e. The molecule has 2 N–H and O–H groups in total. The van der Waals surface area contributed by atoms with Crippen molar-refractivity contribution in [2.75, 3.05) is 0 Å². The van der Waals surface area contributed by atoms with Crippen molar-refractivity contribution in [2.45, 2.75) is 31.7 Å². The Balaban J connectivity index is 1.98. The second-order valence-corrected chi connectivity index (χ2v) is 5.42. The van der Waals surface area contributed by atoms with Crippen LogP contribution in [0, 0.1) is 11.7 Å². The molecule has 0 aromatic heterocycles. The molecule has 1 atom stereocenters. The molecular weight excluding hydrogens is 285 g/mol. The number of carbonyl (C=O) groups is 2. The van der Waals surface area contributed by atoms with Gasteiger partial charge in [0.2, 0.25) is 5.91 Å². The van der Waals surface area contributed by atoms with Crippen LogP contribution in [0.5, 0.6) is 0 Å². The summed E-state index contributed by atoms with van der Waals surface area (Å²) in [5, 5.41) is 11.6. The van der Waals surface area contributed by atoms with Crippen molar-refractivity contribution in [1.82, 2.24) is 5.32 Å². The molecule has 1 aliphatic carbocycles. The van der Waals surface area contributed by atoms with Gasteiger partial charge in [0.05, 0.1) is 6.42 Å². The van der Waals surface area contributed by atoms with Gasteiger partial charge in [-0.2, -0.15) is 0 Å². The molecule has 0 spiro atoms. The molecule has 0 aliphatic heterocycles. The average molecular weight is 300 g/mol. The number of aliphatic carboxylic acids is 1. The number of carboxylic acids is 1. The summed E-state index contributed by atoms with van der Waals surface area (Å²) >= 11 is 5.83. The van der Waals surface area contributed by atoms with Crippen LogP contribution >= 0.6 is 11.6 Å². The summed E-state index contributed by atoms with van der Waals surface area (Å²) in [5.74, 6) is -1.80. The van der Waals surface area contributed by atoms with Crippen LogP contribution < -0.4 is 5.32 Å². The van der Waals surface area contributed by atoms with Gasteiger partial charge in [0.15, 0.2) is 0 Å². The van der Waals surface area contributed by atoms with Crippen LogP contribution in [0.4, 0.5) is 4.39 Å². The smallest absolute Gasteiger partial charge is 0.326 e. The molecule has 1 aromatic rings. The largest absolute Gasteiger partial charge is 0.480 e. The van der Waals surface area contributed by atoms with E-state index in [2.05, 4.69) is 5.32 Å². The van der Waals surface area contributed by atoms with Gasteiger partial charge in [-0.3, -0.25) is 4.79 Å². The number of carboxylic acid groups (broad SMARTS) is 1. The van der Waals surface area contributed by atoms with Gasteiger partial charge < -0.3 is 10.4 Å². The first-order valence-electron chi connectivity index (χ1n) is 6.42. The van der Waals surface area contributed by atoms with Gasteiger partial charge in [0, 0.05) is 10.6 Å². The molecule has 1 amide bonds. The summed E-state index contributed by atoms with van der Waals surface area (Å²) in [6.07, 6.45) is 2.16. The molecule has 0 bridgehead atoms. The number of amides is 1. The van der Waals surface area contributed by atoms with E-state index >= 15 is 0 Å². The fourth-order valence-corrected chi connectivity index (χ4v) is 2.25. The fourth-order valence-electron chi connectivity index (χ4n) is 2.02. The predicted molar refractivity (Wildman–Crippen MR) is 72.0 cm³/mol. The SMILES string of the molecule is O=C(Cc1c(F)cccc1Cl)NC(CC1CC1)C(=O)O. The van der Waals surface area contributed by atoms with Gasteiger partial charge in [-0.15, -0.1) is 0 Å². The standard InChI is InChI=1S/C14H15ClFNO3/c15-10-2-1-3-11(16)9(10)7-13(18)17-12(14(19)20)6-8-4-5-8/h1-3,8,12H,4-7H2,(H,17,18)(H,19,20). The number of carbonyl (C=O) groups excluding carboxylic acids is 1. The molecule has 1 aromatic carbocycles. The van der Waals surface area contributed by atoms with Crippen LogP contribution in [0.1, 0.15) is 24.8 Å².